The minimum Gasteiger partial charge on any atom is -0.494 e. The van der Waals surface area contributed by atoms with Gasteiger partial charge in [0.1, 0.15) is 18.3 Å². The van der Waals surface area contributed by atoms with Crippen molar-refractivity contribution in [2.75, 3.05) is 30.8 Å². The highest BCUT2D eigenvalue weighted by Crippen LogP contribution is 2.28. The second-order valence-corrected chi connectivity index (χ2v) is 13.7. The van der Waals surface area contributed by atoms with Gasteiger partial charge >= 0.3 is 0 Å². The fourth-order valence-electron chi connectivity index (χ4n) is 4.79. The van der Waals surface area contributed by atoms with E-state index < -0.39 is 28.5 Å². The minimum atomic E-state index is -4.19. The van der Waals surface area contributed by atoms with Crippen LogP contribution in [0, 0.1) is 0 Å². The first-order valence-corrected chi connectivity index (χ1v) is 17.8. The third-order valence-corrected chi connectivity index (χ3v) is 10.2. The Kier molecular flexibility index (Phi) is 12.1. The zero-order valence-electron chi connectivity index (χ0n) is 25.4. The number of hydrogen-bond donors (Lipinski definition) is 1. The molecule has 0 radical (unpaired) electrons. The molecule has 2 amide bonds. The number of nitrogens with one attached hydrogen (secondary N) is 1. The maximum atomic E-state index is 14.4. The summed E-state index contributed by atoms with van der Waals surface area (Å²) in [5.41, 5.74) is 1.95. The Labute approximate surface area is 278 Å². The molecular formula is C34H36BrN3O5S2. The molecule has 45 heavy (non-hydrogen) atoms. The Hall–Kier alpha value is -3.80. The highest BCUT2D eigenvalue weighted by atomic mass is 79.9. The van der Waals surface area contributed by atoms with E-state index >= 15 is 0 Å². The van der Waals surface area contributed by atoms with E-state index in [2.05, 4.69) is 21.2 Å². The molecule has 4 aromatic carbocycles. The zero-order chi connectivity index (χ0) is 32.4. The number of hydrogen-bond acceptors (Lipinski definition) is 6. The minimum absolute atomic E-state index is 0.0496. The van der Waals surface area contributed by atoms with Crippen molar-refractivity contribution in [2.24, 2.45) is 0 Å². The van der Waals surface area contributed by atoms with Crippen LogP contribution in [0.15, 0.2) is 117 Å². The molecule has 0 bridgehead atoms. The molecule has 8 nitrogen and oxygen atoms in total. The molecule has 0 aromatic heterocycles. The number of ether oxygens (including phenoxy) is 1. The van der Waals surface area contributed by atoms with E-state index in [1.807, 2.05) is 67.8 Å². The van der Waals surface area contributed by atoms with E-state index in [-0.39, 0.29) is 23.8 Å². The number of thioether (sulfide) groups is 1. The van der Waals surface area contributed by atoms with Crippen molar-refractivity contribution >= 4 is 55.2 Å². The summed E-state index contributed by atoms with van der Waals surface area (Å²) in [5, 5.41) is 2.70. The molecule has 4 aromatic rings. The maximum absolute atomic E-state index is 14.4. The van der Waals surface area contributed by atoms with Crippen molar-refractivity contribution in [3.05, 3.63) is 119 Å². The van der Waals surface area contributed by atoms with E-state index in [0.29, 0.717) is 18.0 Å². The van der Waals surface area contributed by atoms with Gasteiger partial charge in [-0.25, -0.2) is 8.42 Å². The lowest BCUT2D eigenvalue weighted by atomic mass is 10.0. The third kappa shape index (κ3) is 8.90. The molecule has 4 rings (SSSR count). The topological polar surface area (TPSA) is 96.0 Å². The average Bonchev–Trinajstić information content (AvgIpc) is 3.06. The Morgan fingerprint density at radius 3 is 2.11 bits per heavy atom. The van der Waals surface area contributed by atoms with Gasteiger partial charge in [-0.1, -0.05) is 58.4 Å². The van der Waals surface area contributed by atoms with Crippen molar-refractivity contribution in [2.45, 2.75) is 35.7 Å². The standard InChI is InChI=1S/C34H36BrN3O5S2/c1-4-43-29-16-14-28(15-17-29)38(45(41,42)31-20-18-30(44-3)19-21-31)24-33(39)37(23-26-10-12-27(35)13-11-26)32(34(40)36-2)22-25-8-6-5-7-9-25/h5-21,32H,4,22-24H2,1-3H3,(H,36,40)/t32-/m0/s1. The summed E-state index contributed by atoms with van der Waals surface area (Å²) in [4.78, 5) is 30.2. The van der Waals surface area contributed by atoms with E-state index in [1.165, 1.54) is 35.8 Å². The number of benzene rings is 4. The van der Waals surface area contributed by atoms with Crippen LogP contribution >= 0.6 is 27.7 Å². The van der Waals surface area contributed by atoms with E-state index in [4.69, 9.17) is 4.74 Å². The number of amides is 2. The molecule has 0 aliphatic heterocycles. The Bertz CT molecular complexity index is 1670. The van der Waals surface area contributed by atoms with Crippen LogP contribution in [0.1, 0.15) is 18.1 Å². The van der Waals surface area contributed by atoms with Crippen LogP contribution in [-0.2, 0) is 32.6 Å². The first-order chi connectivity index (χ1) is 21.7. The number of carbonyl (C=O) groups excluding carboxylic acids is 2. The highest BCUT2D eigenvalue weighted by Gasteiger charge is 2.34. The summed E-state index contributed by atoms with van der Waals surface area (Å²) in [6.07, 6.45) is 2.15. The van der Waals surface area contributed by atoms with Gasteiger partial charge in [-0.15, -0.1) is 11.8 Å². The Balaban J connectivity index is 1.78. The molecule has 236 valence electrons. The van der Waals surface area contributed by atoms with Gasteiger partial charge in [0.05, 0.1) is 17.2 Å². The summed E-state index contributed by atoms with van der Waals surface area (Å²) in [5.74, 6) is -0.304. The first kappa shape index (κ1) is 34.1. The SMILES string of the molecule is CCOc1ccc(N(CC(=O)N(Cc2ccc(Br)cc2)[C@@H](Cc2ccccc2)C(=O)NC)S(=O)(=O)c2ccc(SC)cc2)cc1. The van der Waals surface area contributed by atoms with Crippen molar-refractivity contribution in [1.82, 2.24) is 10.2 Å². The van der Waals surface area contributed by atoms with Crippen LogP contribution in [0.3, 0.4) is 0 Å². The second-order valence-electron chi connectivity index (χ2n) is 10.1. The highest BCUT2D eigenvalue weighted by molar-refractivity contribution is 9.10. The van der Waals surface area contributed by atoms with Crippen molar-refractivity contribution in [1.29, 1.82) is 0 Å². The summed E-state index contributed by atoms with van der Waals surface area (Å²) in [6.45, 7) is 1.88. The van der Waals surface area contributed by atoms with Gasteiger partial charge in [-0.2, -0.15) is 0 Å². The lowest BCUT2D eigenvalue weighted by Crippen LogP contribution is -2.53. The van der Waals surface area contributed by atoms with Crippen LogP contribution in [-0.4, -0.2) is 57.6 Å². The van der Waals surface area contributed by atoms with Crippen molar-refractivity contribution in [3.63, 3.8) is 0 Å². The number of nitrogens with zero attached hydrogens (tertiary/aromatic N) is 2. The average molecular weight is 711 g/mol. The van der Waals surface area contributed by atoms with Crippen LogP contribution in [0.5, 0.6) is 5.75 Å². The van der Waals surface area contributed by atoms with Gasteiger partial charge in [0.2, 0.25) is 11.8 Å². The lowest BCUT2D eigenvalue weighted by molar-refractivity contribution is -0.139. The van der Waals surface area contributed by atoms with Gasteiger partial charge in [0.15, 0.2) is 0 Å². The summed E-state index contributed by atoms with van der Waals surface area (Å²) < 4.78 is 35.9. The molecule has 0 unspecified atom stereocenters. The quantitative estimate of drug-likeness (QED) is 0.158. The molecule has 0 fully saturated rings. The third-order valence-electron chi connectivity index (χ3n) is 7.15. The molecule has 0 saturated heterocycles. The van der Waals surface area contributed by atoms with Gasteiger partial charge < -0.3 is 15.0 Å². The molecular weight excluding hydrogens is 674 g/mol. The second kappa shape index (κ2) is 16.0. The molecule has 0 saturated carbocycles. The maximum Gasteiger partial charge on any atom is 0.264 e. The fraction of sp³-hybridized carbons (Fsp3) is 0.235. The molecule has 1 N–H and O–H groups in total. The summed E-state index contributed by atoms with van der Waals surface area (Å²) in [6, 6.07) is 29.1. The monoisotopic (exact) mass is 709 g/mol. The van der Waals surface area contributed by atoms with Crippen molar-refractivity contribution < 1.29 is 22.7 Å². The Morgan fingerprint density at radius 1 is 0.889 bits per heavy atom. The van der Waals surface area contributed by atoms with Gasteiger partial charge in [-0.3, -0.25) is 13.9 Å². The summed E-state index contributed by atoms with van der Waals surface area (Å²) >= 11 is 4.95. The number of anilines is 1. The largest absolute Gasteiger partial charge is 0.494 e. The molecule has 0 spiro atoms. The van der Waals surface area contributed by atoms with Gasteiger partial charge in [0.25, 0.3) is 10.0 Å². The fourth-order valence-corrected chi connectivity index (χ4v) is 6.87. The van der Waals surface area contributed by atoms with E-state index in [1.54, 1.807) is 36.4 Å². The van der Waals surface area contributed by atoms with Gasteiger partial charge in [-0.05, 0) is 85.0 Å². The molecule has 0 aliphatic carbocycles. The normalized spacial score (nSPS) is 11.8. The van der Waals surface area contributed by atoms with Crippen LogP contribution in [0.4, 0.5) is 5.69 Å². The lowest BCUT2D eigenvalue weighted by Gasteiger charge is -2.33. The number of carbonyl (C=O) groups is 2. The molecule has 11 heteroatoms. The predicted octanol–water partition coefficient (Wildman–Crippen LogP) is 6.15. The predicted molar refractivity (Wildman–Crippen MR) is 183 cm³/mol. The molecule has 0 aliphatic rings. The zero-order valence-corrected chi connectivity index (χ0v) is 28.6. The summed E-state index contributed by atoms with van der Waals surface area (Å²) in [7, 11) is -2.67. The van der Waals surface area contributed by atoms with Crippen LogP contribution < -0.4 is 14.4 Å². The number of rotatable bonds is 14. The number of likely N-dealkylation sites (N-methyl/N-ethyl adjacent to an activating group) is 1. The number of halogens is 1. The first-order valence-electron chi connectivity index (χ1n) is 14.3. The van der Waals surface area contributed by atoms with Crippen molar-refractivity contribution in [3.8, 4) is 5.75 Å². The van der Waals surface area contributed by atoms with Gasteiger partial charge in [0, 0.05) is 29.4 Å². The van der Waals surface area contributed by atoms with Crippen LogP contribution in [0.25, 0.3) is 0 Å². The molecule has 1 atom stereocenters. The van der Waals surface area contributed by atoms with E-state index in [9.17, 15) is 18.0 Å². The molecule has 0 heterocycles. The smallest absolute Gasteiger partial charge is 0.264 e. The van der Waals surface area contributed by atoms with E-state index in [0.717, 1.165) is 24.8 Å². The number of sulfonamides is 1. The Morgan fingerprint density at radius 2 is 1.53 bits per heavy atom. The van der Waals surface area contributed by atoms with Crippen LogP contribution in [0.2, 0.25) is 0 Å².